The van der Waals surface area contributed by atoms with E-state index >= 15 is 0 Å². The van der Waals surface area contributed by atoms with Crippen molar-refractivity contribution in [1.29, 1.82) is 10.5 Å². The van der Waals surface area contributed by atoms with Crippen LogP contribution in [0.25, 0.3) is 0 Å². The lowest BCUT2D eigenvalue weighted by molar-refractivity contribution is -0.113. The highest BCUT2D eigenvalue weighted by Gasteiger charge is 1.69. The second kappa shape index (κ2) is 22.6. The largest absolute Gasteiger partial charge is 0.366 e. The molecule has 0 aliphatic rings. The van der Waals surface area contributed by atoms with Gasteiger partial charge in [0, 0.05) is 12.2 Å². The van der Waals surface area contributed by atoms with Crippen LogP contribution in [0.2, 0.25) is 0 Å². The maximum atomic E-state index is 9.47. The Morgan fingerprint density at radius 1 is 1.15 bits per heavy atom. The fourth-order valence-corrected chi connectivity index (χ4v) is 0. The summed E-state index contributed by atoms with van der Waals surface area (Å²) in [6, 6.07) is 3.39. The van der Waals surface area contributed by atoms with Gasteiger partial charge in [-0.25, -0.2) is 0 Å². The highest BCUT2D eigenvalue weighted by molar-refractivity contribution is 5.84. The number of nitrogens with zero attached hydrogens (tertiary/aromatic N) is 2. The Hall–Kier alpha value is -2.33. The van der Waals surface area contributed by atoms with Crippen LogP contribution < -0.4 is 5.73 Å². The van der Waals surface area contributed by atoms with Gasteiger partial charge in [-0.3, -0.25) is 4.79 Å². The lowest BCUT2D eigenvalue weighted by atomic mass is 10.6. The zero-order valence-corrected chi connectivity index (χ0v) is 7.23. The highest BCUT2D eigenvalue weighted by atomic mass is 16.1. The van der Waals surface area contributed by atoms with Crippen molar-refractivity contribution in [3.8, 4) is 12.1 Å². The molecule has 0 aromatic rings. The number of nitriles is 2. The third kappa shape index (κ3) is 204. The first-order chi connectivity index (χ1) is 6.10. The van der Waals surface area contributed by atoms with Crippen LogP contribution in [0.1, 0.15) is 0 Å². The van der Waals surface area contributed by atoms with Crippen molar-refractivity contribution in [3.63, 3.8) is 0 Å². The molecule has 0 radical (unpaired) electrons. The van der Waals surface area contributed by atoms with E-state index in [0.29, 0.717) is 0 Å². The Bertz CT molecular complexity index is 225. The van der Waals surface area contributed by atoms with E-state index in [1.807, 2.05) is 0 Å². The standard InChI is InChI=1S/C3H5NO.2C3H3N/c1-2-3(4)5;2*1-2-3-4/h2H,1H2,(H2,4,5);2*2H,1H2. The van der Waals surface area contributed by atoms with Crippen LogP contribution in [-0.4, -0.2) is 5.91 Å². The molecule has 0 saturated carbocycles. The van der Waals surface area contributed by atoms with Gasteiger partial charge in [0.05, 0.1) is 12.1 Å². The van der Waals surface area contributed by atoms with Gasteiger partial charge in [0.15, 0.2) is 0 Å². The molecule has 4 nitrogen and oxygen atoms in total. The minimum Gasteiger partial charge on any atom is -0.366 e. The molecular formula is C9H11N3O. The molecule has 68 valence electrons. The molecule has 0 aromatic carbocycles. The van der Waals surface area contributed by atoms with Gasteiger partial charge in [0.2, 0.25) is 5.91 Å². The predicted molar refractivity (Wildman–Crippen MR) is 51.0 cm³/mol. The van der Waals surface area contributed by atoms with Crippen molar-refractivity contribution in [2.45, 2.75) is 0 Å². The van der Waals surface area contributed by atoms with Crippen molar-refractivity contribution in [2.75, 3.05) is 0 Å². The minimum atomic E-state index is -0.481. The maximum absolute atomic E-state index is 9.47. The summed E-state index contributed by atoms with van der Waals surface area (Å²) in [5, 5.41) is 15.0. The molecule has 13 heavy (non-hydrogen) atoms. The van der Waals surface area contributed by atoms with Gasteiger partial charge in [-0.1, -0.05) is 19.7 Å². The molecule has 0 rings (SSSR count). The lowest BCUT2D eigenvalue weighted by Gasteiger charge is -1.65. The molecule has 0 atom stereocenters. The molecule has 2 N–H and O–H groups in total. The smallest absolute Gasteiger partial charge is 0.240 e. The predicted octanol–water partition coefficient (Wildman–Crippen LogP) is 1.05. The topological polar surface area (TPSA) is 90.7 Å². The number of rotatable bonds is 1. The Morgan fingerprint density at radius 3 is 1.31 bits per heavy atom. The van der Waals surface area contributed by atoms with Gasteiger partial charge in [-0.2, -0.15) is 10.5 Å². The lowest BCUT2D eigenvalue weighted by Crippen LogP contribution is -2.04. The second-order valence-corrected chi connectivity index (χ2v) is 1.27. The molecule has 0 bridgehead atoms. The van der Waals surface area contributed by atoms with Crippen LogP contribution >= 0.6 is 0 Å². The molecule has 1 amide bonds. The summed E-state index contributed by atoms with van der Waals surface area (Å²) in [5.74, 6) is -0.481. The van der Waals surface area contributed by atoms with E-state index < -0.39 is 5.91 Å². The monoisotopic (exact) mass is 177 g/mol. The molecule has 4 heteroatoms. The first-order valence-electron chi connectivity index (χ1n) is 3.03. The van der Waals surface area contributed by atoms with Gasteiger partial charge >= 0.3 is 0 Å². The second-order valence-electron chi connectivity index (χ2n) is 1.27. The molecular weight excluding hydrogens is 166 g/mol. The molecule has 0 heterocycles. The third-order valence-electron chi connectivity index (χ3n) is 0.384. The molecule has 0 aromatic heterocycles. The average Bonchev–Trinajstić information content (AvgIpc) is 2.18. The van der Waals surface area contributed by atoms with Crippen molar-refractivity contribution >= 4 is 5.91 Å². The van der Waals surface area contributed by atoms with E-state index in [1.165, 1.54) is 12.2 Å². The van der Waals surface area contributed by atoms with E-state index in [1.54, 1.807) is 12.1 Å². The molecule has 0 unspecified atom stereocenters. The van der Waals surface area contributed by atoms with Gasteiger partial charge in [-0.15, -0.1) is 0 Å². The van der Waals surface area contributed by atoms with Gasteiger partial charge in [0.1, 0.15) is 0 Å². The molecule has 0 fully saturated rings. The number of hydrogen-bond acceptors (Lipinski definition) is 3. The van der Waals surface area contributed by atoms with Crippen LogP contribution in [0.4, 0.5) is 0 Å². The molecule has 0 saturated heterocycles. The quantitative estimate of drug-likeness (QED) is 0.479. The Kier molecular flexibility index (Phi) is 29.5. The summed E-state index contributed by atoms with van der Waals surface area (Å²) in [4.78, 5) is 9.47. The third-order valence-corrected chi connectivity index (χ3v) is 0.384. The van der Waals surface area contributed by atoms with Crippen LogP contribution in [0, 0.1) is 22.7 Å². The molecule has 0 aliphatic heterocycles. The van der Waals surface area contributed by atoms with Crippen molar-refractivity contribution in [2.24, 2.45) is 5.73 Å². The number of carbonyl (C=O) groups is 1. The average molecular weight is 177 g/mol. The Balaban J connectivity index is -0.000000117. The summed E-state index contributed by atoms with van der Waals surface area (Å²) in [5.41, 5.74) is 4.53. The summed E-state index contributed by atoms with van der Waals surface area (Å²) in [7, 11) is 0. The van der Waals surface area contributed by atoms with E-state index in [0.717, 1.165) is 6.08 Å². The van der Waals surface area contributed by atoms with Crippen LogP contribution in [0.15, 0.2) is 38.0 Å². The zero-order chi connectivity index (χ0) is 11.1. The van der Waals surface area contributed by atoms with Crippen molar-refractivity contribution in [3.05, 3.63) is 38.0 Å². The summed E-state index contributed by atoms with van der Waals surface area (Å²) < 4.78 is 0. The van der Waals surface area contributed by atoms with Crippen molar-refractivity contribution < 1.29 is 4.79 Å². The number of primary amides is 1. The fraction of sp³-hybridized carbons (Fsp3) is 0. The Labute approximate surface area is 77.9 Å². The first kappa shape index (κ1) is 17.0. The maximum Gasteiger partial charge on any atom is 0.240 e. The SMILES string of the molecule is C=CC#N.C=CC#N.C=CC(N)=O. The van der Waals surface area contributed by atoms with Crippen molar-refractivity contribution in [1.82, 2.24) is 0 Å². The van der Waals surface area contributed by atoms with Crippen LogP contribution in [0.5, 0.6) is 0 Å². The normalized spacial score (nSPS) is 4.77. The summed E-state index contributed by atoms with van der Waals surface area (Å²) in [6.07, 6.45) is 3.42. The van der Waals surface area contributed by atoms with E-state index in [9.17, 15) is 4.79 Å². The molecule has 0 aliphatic carbocycles. The number of nitrogens with two attached hydrogens (primary N) is 1. The number of hydrogen-bond donors (Lipinski definition) is 1. The number of allylic oxidation sites excluding steroid dienone is 2. The first-order valence-corrected chi connectivity index (χ1v) is 3.03. The van der Waals surface area contributed by atoms with Gasteiger partial charge < -0.3 is 5.73 Å². The van der Waals surface area contributed by atoms with Crippen LogP contribution in [-0.2, 0) is 4.79 Å². The van der Waals surface area contributed by atoms with Gasteiger partial charge in [-0.05, 0) is 6.08 Å². The number of amides is 1. The fourth-order valence-electron chi connectivity index (χ4n) is 0. The van der Waals surface area contributed by atoms with E-state index in [4.69, 9.17) is 10.5 Å². The minimum absolute atomic E-state index is 0.481. The van der Waals surface area contributed by atoms with Crippen LogP contribution in [0.3, 0.4) is 0 Å². The summed E-state index contributed by atoms with van der Waals surface area (Å²) >= 11 is 0. The highest BCUT2D eigenvalue weighted by Crippen LogP contribution is 1.48. The van der Waals surface area contributed by atoms with Gasteiger partial charge in [0.25, 0.3) is 0 Å². The van der Waals surface area contributed by atoms with E-state index in [-0.39, 0.29) is 0 Å². The zero-order valence-electron chi connectivity index (χ0n) is 7.23. The van der Waals surface area contributed by atoms with E-state index in [2.05, 4.69) is 25.5 Å². The molecule has 0 spiro atoms. The summed E-state index contributed by atoms with van der Waals surface area (Å²) in [6.45, 7) is 9.32. The Morgan fingerprint density at radius 2 is 1.31 bits per heavy atom. The number of carbonyl (C=O) groups excluding carboxylic acids is 1.